The van der Waals surface area contributed by atoms with E-state index in [0.717, 1.165) is 23.9 Å². The van der Waals surface area contributed by atoms with E-state index in [1.807, 2.05) is 23.5 Å². The highest BCUT2D eigenvalue weighted by atomic mass is 79.9. The molecule has 1 nitrogen and oxygen atoms in total. The Morgan fingerprint density at radius 1 is 1.11 bits per heavy atom. The minimum Gasteiger partial charge on any atom is -0.497 e. The number of hydrogen-bond acceptors (Lipinski definition) is 2. The van der Waals surface area contributed by atoms with Crippen LogP contribution in [0.2, 0.25) is 0 Å². The first-order valence-electron chi connectivity index (χ1n) is 6.14. The molecule has 0 N–H and O–H groups in total. The quantitative estimate of drug-likeness (QED) is 0.593. The maximum atomic E-state index is 5.19. The predicted molar refractivity (Wildman–Crippen MR) is 89.7 cm³/mol. The molecule has 2 rings (SSSR count). The Kier molecular flexibility index (Phi) is 5.92. The first-order chi connectivity index (χ1) is 9.21. The van der Waals surface area contributed by atoms with Crippen molar-refractivity contribution in [1.29, 1.82) is 0 Å². The van der Waals surface area contributed by atoms with Gasteiger partial charge in [-0.2, -0.15) is 0 Å². The summed E-state index contributed by atoms with van der Waals surface area (Å²) in [5.74, 6) is 1.54. The van der Waals surface area contributed by atoms with Gasteiger partial charge in [-0.15, -0.1) is 11.3 Å². The number of methoxy groups -OCH3 is 1. The minimum absolute atomic E-state index is 0.624. The fourth-order valence-corrected chi connectivity index (χ4v) is 4.08. The highest BCUT2D eigenvalue weighted by Gasteiger charge is 2.11. The zero-order chi connectivity index (χ0) is 13.7. The van der Waals surface area contributed by atoms with Crippen molar-refractivity contribution in [2.75, 3.05) is 12.4 Å². The van der Waals surface area contributed by atoms with Crippen molar-refractivity contribution in [2.24, 2.45) is 5.92 Å². The Bertz CT molecular complexity index is 507. The van der Waals surface area contributed by atoms with Crippen LogP contribution in [0, 0.1) is 5.92 Å². The number of ether oxygens (including phenoxy) is 1. The molecule has 1 atom stereocenters. The van der Waals surface area contributed by atoms with Crippen LogP contribution in [-0.4, -0.2) is 12.4 Å². The van der Waals surface area contributed by atoms with E-state index in [1.54, 1.807) is 7.11 Å². The summed E-state index contributed by atoms with van der Waals surface area (Å²) in [6.45, 7) is 0. The molecule has 0 amide bonds. The van der Waals surface area contributed by atoms with Gasteiger partial charge in [0, 0.05) is 10.2 Å². The fraction of sp³-hybridized carbons (Fsp3) is 0.333. The van der Waals surface area contributed by atoms with Crippen molar-refractivity contribution < 1.29 is 4.74 Å². The first-order valence-corrected chi connectivity index (χ1v) is 8.87. The number of rotatable bonds is 6. The topological polar surface area (TPSA) is 9.23 Å². The van der Waals surface area contributed by atoms with Crippen LogP contribution in [0.15, 0.2) is 40.2 Å². The molecule has 0 radical (unpaired) electrons. The fourth-order valence-electron chi connectivity index (χ4n) is 2.02. The van der Waals surface area contributed by atoms with Crippen molar-refractivity contribution in [3.05, 3.63) is 50.6 Å². The summed E-state index contributed by atoms with van der Waals surface area (Å²) in [6.07, 6.45) is 2.21. The monoisotopic (exact) mass is 402 g/mol. The molecule has 0 bridgehead atoms. The average Bonchev–Trinajstić information content (AvgIpc) is 2.84. The van der Waals surface area contributed by atoms with Gasteiger partial charge in [-0.1, -0.05) is 28.1 Å². The van der Waals surface area contributed by atoms with E-state index >= 15 is 0 Å². The molecule has 0 spiro atoms. The summed E-state index contributed by atoms with van der Waals surface area (Å²) in [5, 5.41) is 1.02. The summed E-state index contributed by atoms with van der Waals surface area (Å²) >= 11 is 8.98. The molecule has 0 fully saturated rings. The molecule has 2 aromatic rings. The summed E-state index contributed by atoms with van der Waals surface area (Å²) < 4.78 is 6.39. The molecule has 1 aromatic carbocycles. The molecule has 1 heterocycles. The predicted octanol–water partition coefficient (Wildman–Crippen LogP) is 5.32. The van der Waals surface area contributed by atoms with Crippen LogP contribution < -0.4 is 4.74 Å². The van der Waals surface area contributed by atoms with E-state index in [-0.39, 0.29) is 0 Å². The smallest absolute Gasteiger partial charge is 0.118 e. The van der Waals surface area contributed by atoms with Crippen LogP contribution in [-0.2, 0) is 12.8 Å². The second kappa shape index (κ2) is 7.46. The minimum atomic E-state index is 0.624. The molecule has 19 heavy (non-hydrogen) atoms. The van der Waals surface area contributed by atoms with Crippen LogP contribution in [0.4, 0.5) is 0 Å². The lowest BCUT2D eigenvalue weighted by atomic mass is 9.97. The molecule has 4 heteroatoms. The number of hydrogen-bond donors (Lipinski definition) is 0. The largest absolute Gasteiger partial charge is 0.497 e. The van der Waals surface area contributed by atoms with Gasteiger partial charge in [0.1, 0.15) is 5.75 Å². The molecule has 0 aliphatic heterocycles. The van der Waals surface area contributed by atoms with Crippen molar-refractivity contribution in [3.8, 4) is 5.75 Å². The van der Waals surface area contributed by atoms with E-state index < -0.39 is 0 Å². The van der Waals surface area contributed by atoms with Crippen molar-refractivity contribution in [3.63, 3.8) is 0 Å². The van der Waals surface area contributed by atoms with Gasteiger partial charge in [-0.05, 0) is 64.5 Å². The van der Waals surface area contributed by atoms with Gasteiger partial charge in [0.05, 0.1) is 10.9 Å². The Morgan fingerprint density at radius 2 is 1.84 bits per heavy atom. The molecule has 0 saturated carbocycles. The van der Waals surface area contributed by atoms with Gasteiger partial charge in [0.15, 0.2) is 0 Å². The van der Waals surface area contributed by atoms with Crippen LogP contribution >= 0.6 is 43.2 Å². The van der Waals surface area contributed by atoms with E-state index in [4.69, 9.17) is 4.74 Å². The SMILES string of the molecule is COc1ccc(CC(CBr)Cc2ccc(Br)s2)cc1. The lowest BCUT2D eigenvalue weighted by Crippen LogP contribution is -2.09. The normalized spacial score (nSPS) is 12.4. The lowest BCUT2D eigenvalue weighted by molar-refractivity contribution is 0.414. The van der Waals surface area contributed by atoms with Crippen LogP contribution in [0.3, 0.4) is 0 Å². The number of halogens is 2. The number of thiophene rings is 1. The standard InChI is InChI=1S/C15H16Br2OS/c1-18-13-4-2-11(3-5-13)8-12(10-16)9-14-6-7-15(17)19-14/h2-7,12H,8-10H2,1H3. The van der Waals surface area contributed by atoms with Crippen LogP contribution in [0.25, 0.3) is 0 Å². The Labute approximate surface area is 135 Å². The van der Waals surface area contributed by atoms with Gasteiger partial charge < -0.3 is 4.74 Å². The third kappa shape index (κ3) is 4.62. The highest BCUT2D eigenvalue weighted by molar-refractivity contribution is 9.11. The maximum absolute atomic E-state index is 5.19. The van der Waals surface area contributed by atoms with Crippen molar-refractivity contribution in [2.45, 2.75) is 12.8 Å². The van der Waals surface area contributed by atoms with Gasteiger partial charge in [-0.25, -0.2) is 0 Å². The molecular weight excluding hydrogens is 388 g/mol. The molecule has 0 aliphatic rings. The Balaban J connectivity index is 1.97. The average molecular weight is 404 g/mol. The Morgan fingerprint density at radius 3 is 2.37 bits per heavy atom. The second-order valence-corrected chi connectivity index (χ2v) is 7.68. The summed E-state index contributed by atoms with van der Waals surface area (Å²) in [4.78, 5) is 1.44. The van der Waals surface area contributed by atoms with Crippen molar-refractivity contribution >= 4 is 43.2 Å². The van der Waals surface area contributed by atoms with Crippen LogP contribution in [0.1, 0.15) is 10.4 Å². The van der Waals surface area contributed by atoms with Gasteiger partial charge in [-0.3, -0.25) is 0 Å². The molecular formula is C15H16Br2OS. The molecule has 102 valence electrons. The van der Waals surface area contributed by atoms with Crippen molar-refractivity contribution in [1.82, 2.24) is 0 Å². The zero-order valence-corrected chi connectivity index (χ0v) is 14.7. The molecule has 0 aliphatic carbocycles. The zero-order valence-electron chi connectivity index (χ0n) is 10.7. The van der Waals surface area contributed by atoms with Gasteiger partial charge in [0.25, 0.3) is 0 Å². The summed E-state index contributed by atoms with van der Waals surface area (Å²) in [6, 6.07) is 12.7. The first kappa shape index (κ1) is 15.1. The summed E-state index contributed by atoms with van der Waals surface area (Å²) in [7, 11) is 1.70. The van der Waals surface area contributed by atoms with Crippen LogP contribution in [0.5, 0.6) is 5.75 Å². The van der Waals surface area contributed by atoms with Gasteiger partial charge in [0.2, 0.25) is 0 Å². The van der Waals surface area contributed by atoms with E-state index in [2.05, 4.69) is 56.1 Å². The second-order valence-electron chi connectivity index (χ2n) is 4.48. The molecule has 1 unspecified atom stereocenters. The highest BCUT2D eigenvalue weighted by Crippen LogP contribution is 2.26. The lowest BCUT2D eigenvalue weighted by Gasteiger charge is -2.13. The number of alkyl halides is 1. The third-order valence-electron chi connectivity index (χ3n) is 3.02. The third-order valence-corrected chi connectivity index (χ3v) is 5.58. The number of benzene rings is 1. The van der Waals surface area contributed by atoms with E-state index in [0.29, 0.717) is 5.92 Å². The van der Waals surface area contributed by atoms with E-state index in [1.165, 1.54) is 14.2 Å². The summed E-state index contributed by atoms with van der Waals surface area (Å²) in [5.41, 5.74) is 1.36. The van der Waals surface area contributed by atoms with E-state index in [9.17, 15) is 0 Å². The maximum Gasteiger partial charge on any atom is 0.118 e. The molecule has 0 saturated heterocycles. The Hall–Kier alpha value is -0.320. The molecule has 1 aromatic heterocycles. The van der Waals surface area contributed by atoms with Gasteiger partial charge >= 0.3 is 0 Å².